The molecular formula is C58H96O6. The molecule has 0 amide bonds. The zero-order chi connectivity index (χ0) is 46.5. The summed E-state index contributed by atoms with van der Waals surface area (Å²) in [6.45, 7) is 6.39. The van der Waals surface area contributed by atoms with Crippen LogP contribution in [0.2, 0.25) is 0 Å². The third-order valence-corrected chi connectivity index (χ3v) is 10.9. The third kappa shape index (κ3) is 49.3. The van der Waals surface area contributed by atoms with Gasteiger partial charge in [0, 0.05) is 19.3 Å². The van der Waals surface area contributed by atoms with Gasteiger partial charge in [0.1, 0.15) is 13.2 Å². The third-order valence-electron chi connectivity index (χ3n) is 10.9. The van der Waals surface area contributed by atoms with Crippen LogP contribution in [0.4, 0.5) is 0 Å². The number of unbranched alkanes of at least 4 members (excludes halogenated alkanes) is 23. The van der Waals surface area contributed by atoms with Crippen LogP contribution < -0.4 is 0 Å². The van der Waals surface area contributed by atoms with Gasteiger partial charge in [0.25, 0.3) is 0 Å². The first kappa shape index (κ1) is 60.3. The van der Waals surface area contributed by atoms with Crippen molar-refractivity contribution in [1.29, 1.82) is 0 Å². The molecule has 64 heavy (non-hydrogen) atoms. The smallest absolute Gasteiger partial charge is 0.306 e. The maximum atomic E-state index is 12.8. The molecule has 0 radical (unpaired) electrons. The highest BCUT2D eigenvalue weighted by molar-refractivity contribution is 5.71. The molecule has 0 N–H and O–H groups in total. The molecule has 0 bridgehead atoms. The Hall–Kier alpha value is -3.67. The van der Waals surface area contributed by atoms with E-state index < -0.39 is 6.10 Å². The van der Waals surface area contributed by atoms with Gasteiger partial charge in [-0.05, 0) is 70.6 Å². The lowest BCUT2D eigenvalue weighted by molar-refractivity contribution is -0.167. The maximum absolute atomic E-state index is 12.8. The molecule has 364 valence electrons. The SMILES string of the molecule is CC/C=C\C/C=C\C/C=C\CCCCCCCCCCCC(=O)OCC(COC(=O)CCCCCCCCCCC)OC(=O)CCCCCCC\C=C/C=C\C=C/C=C\C=C/CCC. The summed E-state index contributed by atoms with van der Waals surface area (Å²) in [4.78, 5) is 37.9. The predicted molar refractivity (Wildman–Crippen MR) is 274 cm³/mol. The first-order valence-corrected chi connectivity index (χ1v) is 26.3. The highest BCUT2D eigenvalue weighted by atomic mass is 16.6. The molecule has 0 rings (SSSR count). The Morgan fingerprint density at radius 1 is 0.344 bits per heavy atom. The number of carbonyl (C=O) groups excluding carboxylic acids is 3. The number of rotatable bonds is 46. The number of carbonyl (C=O) groups is 3. The highest BCUT2D eigenvalue weighted by Gasteiger charge is 2.19. The van der Waals surface area contributed by atoms with E-state index in [4.69, 9.17) is 14.2 Å². The summed E-state index contributed by atoms with van der Waals surface area (Å²) in [7, 11) is 0. The van der Waals surface area contributed by atoms with Gasteiger partial charge in [-0.25, -0.2) is 0 Å². The Bertz CT molecular complexity index is 1300. The monoisotopic (exact) mass is 889 g/mol. The number of allylic oxidation sites excluding steroid dienone is 16. The lowest BCUT2D eigenvalue weighted by Gasteiger charge is -2.18. The average Bonchev–Trinajstić information content (AvgIpc) is 3.29. The highest BCUT2D eigenvalue weighted by Crippen LogP contribution is 2.14. The van der Waals surface area contributed by atoms with Crippen molar-refractivity contribution in [2.45, 2.75) is 239 Å². The Balaban J connectivity index is 4.38. The van der Waals surface area contributed by atoms with Crippen molar-refractivity contribution in [3.8, 4) is 0 Å². The van der Waals surface area contributed by atoms with Crippen molar-refractivity contribution in [2.75, 3.05) is 13.2 Å². The van der Waals surface area contributed by atoms with Gasteiger partial charge in [0.2, 0.25) is 0 Å². The normalized spacial score (nSPS) is 12.9. The second-order valence-corrected chi connectivity index (χ2v) is 17.2. The van der Waals surface area contributed by atoms with E-state index in [2.05, 4.69) is 93.7 Å². The average molecular weight is 889 g/mol. The molecular weight excluding hydrogens is 793 g/mol. The predicted octanol–water partition coefficient (Wildman–Crippen LogP) is 17.4. The van der Waals surface area contributed by atoms with E-state index in [1.54, 1.807) is 0 Å². The van der Waals surface area contributed by atoms with Crippen LogP contribution >= 0.6 is 0 Å². The zero-order valence-electron chi connectivity index (χ0n) is 41.5. The summed E-state index contributed by atoms with van der Waals surface area (Å²) in [5, 5.41) is 0. The van der Waals surface area contributed by atoms with Crippen LogP contribution in [-0.2, 0) is 28.6 Å². The lowest BCUT2D eigenvalue weighted by atomic mass is 10.1. The van der Waals surface area contributed by atoms with Crippen molar-refractivity contribution < 1.29 is 28.6 Å². The molecule has 6 heteroatoms. The minimum atomic E-state index is -0.792. The molecule has 1 atom stereocenters. The van der Waals surface area contributed by atoms with Crippen LogP contribution in [0.1, 0.15) is 233 Å². The fourth-order valence-corrected chi connectivity index (χ4v) is 7.02. The Morgan fingerprint density at radius 2 is 0.703 bits per heavy atom. The van der Waals surface area contributed by atoms with Gasteiger partial charge in [-0.1, -0.05) is 240 Å². The van der Waals surface area contributed by atoms with Gasteiger partial charge >= 0.3 is 17.9 Å². The molecule has 0 heterocycles. The van der Waals surface area contributed by atoms with Crippen LogP contribution in [0.3, 0.4) is 0 Å². The van der Waals surface area contributed by atoms with Gasteiger partial charge < -0.3 is 14.2 Å². The van der Waals surface area contributed by atoms with Gasteiger partial charge in [-0.3, -0.25) is 14.4 Å². The van der Waals surface area contributed by atoms with E-state index in [0.29, 0.717) is 19.3 Å². The molecule has 0 saturated heterocycles. The molecule has 0 aliphatic carbocycles. The van der Waals surface area contributed by atoms with Crippen molar-refractivity contribution in [3.05, 3.63) is 97.2 Å². The summed E-state index contributed by atoms with van der Waals surface area (Å²) in [5.74, 6) is -0.924. The van der Waals surface area contributed by atoms with Gasteiger partial charge in [0.15, 0.2) is 6.10 Å². The maximum Gasteiger partial charge on any atom is 0.306 e. The molecule has 0 spiro atoms. The standard InChI is InChI=1S/C58H96O6/c1-4-7-10-13-16-19-21-23-25-27-29-31-32-34-36-39-42-45-48-51-57(60)63-54-55(53-62-56(59)50-47-44-41-38-18-15-12-9-6-3)64-58(61)52-49-46-43-40-37-35-33-30-28-26-24-22-20-17-14-11-8-5-2/h7,10-11,14,16-17,19-20,22-26,28,30,33,55H,4-6,8-9,12-13,15,18,21,27,29,31-32,34-54H2,1-3H3/b10-7-,14-11-,19-16-,20-17-,24-22-,25-23-,28-26-,33-30-. The number of ether oxygens (including phenoxy) is 3. The van der Waals surface area contributed by atoms with Gasteiger partial charge in [0.05, 0.1) is 0 Å². The fraction of sp³-hybridized carbons (Fsp3) is 0.672. The molecule has 0 aromatic rings. The van der Waals surface area contributed by atoms with E-state index >= 15 is 0 Å². The van der Waals surface area contributed by atoms with Crippen LogP contribution in [-0.4, -0.2) is 37.2 Å². The molecule has 0 aliphatic heterocycles. The minimum Gasteiger partial charge on any atom is -0.462 e. The van der Waals surface area contributed by atoms with Crippen molar-refractivity contribution in [1.82, 2.24) is 0 Å². The second-order valence-electron chi connectivity index (χ2n) is 17.2. The van der Waals surface area contributed by atoms with Crippen LogP contribution in [0.15, 0.2) is 97.2 Å². The van der Waals surface area contributed by atoms with Crippen molar-refractivity contribution in [2.24, 2.45) is 0 Å². The molecule has 0 fully saturated rings. The first-order valence-electron chi connectivity index (χ1n) is 26.3. The Morgan fingerprint density at radius 3 is 1.16 bits per heavy atom. The fourth-order valence-electron chi connectivity index (χ4n) is 7.02. The Labute approximate surface area is 394 Å². The van der Waals surface area contributed by atoms with E-state index in [9.17, 15) is 14.4 Å². The van der Waals surface area contributed by atoms with E-state index in [1.807, 2.05) is 24.3 Å². The van der Waals surface area contributed by atoms with E-state index in [-0.39, 0.29) is 31.1 Å². The minimum absolute atomic E-state index is 0.0895. The Kier molecular flexibility index (Phi) is 49.0. The van der Waals surface area contributed by atoms with Crippen LogP contribution in [0.25, 0.3) is 0 Å². The van der Waals surface area contributed by atoms with Gasteiger partial charge in [-0.15, -0.1) is 0 Å². The number of hydrogen-bond acceptors (Lipinski definition) is 6. The summed E-state index contributed by atoms with van der Waals surface area (Å²) >= 11 is 0. The molecule has 1 unspecified atom stereocenters. The summed E-state index contributed by atoms with van der Waals surface area (Å²) in [6, 6.07) is 0. The van der Waals surface area contributed by atoms with Crippen molar-refractivity contribution in [3.63, 3.8) is 0 Å². The molecule has 0 aliphatic rings. The number of esters is 3. The van der Waals surface area contributed by atoms with E-state index in [0.717, 1.165) is 103 Å². The summed E-state index contributed by atoms with van der Waals surface area (Å²) in [6.07, 6.45) is 68.2. The second kappa shape index (κ2) is 52.0. The van der Waals surface area contributed by atoms with E-state index in [1.165, 1.54) is 89.9 Å². The number of hydrogen-bond donors (Lipinski definition) is 0. The zero-order valence-corrected chi connectivity index (χ0v) is 41.5. The van der Waals surface area contributed by atoms with Crippen LogP contribution in [0.5, 0.6) is 0 Å². The van der Waals surface area contributed by atoms with Crippen molar-refractivity contribution >= 4 is 17.9 Å². The summed E-state index contributed by atoms with van der Waals surface area (Å²) < 4.78 is 16.8. The molecule has 0 saturated carbocycles. The largest absolute Gasteiger partial charge is 0.462 e. The molecule has 0 aromatic heterocycles. The van der Waals surface area contributed by atoms with Gasteiger partial charge in [-0.2, -0.15) is 0 Å². The molecule has 6 nitrogen and oxygen atoms in total. The first-order chi connectivity index (χ1) is 31.5. The molecule has 0 aromatic carbocycles. The lowest BCUT2D eigenvalue weighted by Crippen LogP contribution is -2.30. The topological polar surface area (TPSA) is 78.9 Å². The quantitative estimate of drug-likeness (QED) is 0.0199. The van der Waals surface area contributed by atoms with Crippen LogP contribution in [0, 0.1) is 0 Å². The summed E-state index contributed by atoms with van der Waals surface area (Å²) in [5.41, 5.74) is 0.